The van der Waals surface area contributed by atoms with E-state index in [-0.39, 0.29) is 11.3 Å². The zero-order valence-corrected chi connectivity index (χ0v) is 11.6. The quantitative estimate of drug-likeness (QED) is 0.723. The van der Waals surface area contributed by atoms with Crippen molar-refractivity contribution >= 4 is 15.9 Å². The summed E-state index contributed by atoms with van der Waals surface area (Å²) in [4.78, 5) is 19.3. The number of phenols is 1. The van der Waals surface area contributed by atoms with E-state index >= 15 is 0 Å². The average molecular weight is 320 g/mol. The summed E-state index contributed by atoms with van der Waals surface area (Å²) in [7, 11) is 0. The van der Waals surface area contributed by atoms with Crippen LogP contribution in [0.4, 0.5) is 0 Å². The Balaban J connectivity index is 2.26. The smallest absolute Gasteiger partial charge is 0.277 e. The molecule has 2 aliphatic rings. The maximum absolute atomic E-state index is 11.9. The van der Waals surface area contributed by atoms with Crippen LogP contribution in [0.5, 0.6) is 5.75 Å². The molecule has 0 spiro atoms. The lowest BCUT2D eigenvalue weighted by molar-refractivity contribution is 0.475. The van der Waals surface area contributed by atoms with E-state index in [0.717, 1.165) is 11.3 Å². The first-order valence-electron chi connectivity index (χ1n) is 5.63. The maximum atomic E-state index is 11.9. The lowest BCUT2D eigenvalue weighted by atomic mass is 10.1. The predicted molar refractivity (Wildman–Crippen MR) is 74.9 cm³/mol. The van der Waals surface area contributed by atoms with Crippen LogP contribution in [-0.2, 0) is 0 Å². The molecule has 2 N–H and O–H groups in total. The number of nitrogens with zero attached hydrogens (tertiary/aromatic N) is 2. The number of hydrogen-bond donors (Lipinski definition) is 2. The molecule has 0 fully saturated rings. The molecule has 0 saturated carbocycles. The molecule has 0 radical (unpaired) electrons. The van der Waals surface area contributed by atoms with Crippen LogP contribution in [0.25, 0.3) is 17.1 Å². The Morgan fingerprint density at radius 3 is 2.68 bits per heavy atom. The third-order valence-corrected chi connectivity index (χ3v) is 3.46. The van der Waals surface area contributed by atoms with Gasteiger partial charge in [-0.05, 0) is 52.7 Å². The summed E-state index contributed by atoms with van der Waals surface area (Å²) < 4.78 is 2.14. The predicted octanol–water partition coefficient (Wildman–Crippen LogP) is 2.44. The lowest BCUT2D eigenvalue weighted by Crippen LogP contribution is -2.14. The van der Waals surface area contributed by atoms with Gasteiger partial charge in [-0.25, -0.2) is 4.98 Å². The van der Waals surface area contributed by atoms with E-state index in [1.54, 1.807) is 37.4 Å². The highest BCUT2D eigenvalue weighted by molar-refractivity contribution is 9.10. The number of aromatic nitrogens is 3. The molecule has 6 heteroatoms. The van der Waals surface area contributed by atoms with Gasteiger partial charge in [-0.3, -0.25) is 9.36 Å². The van der Waals surface area contributed by atoms with Gasteiger partial charge in [0.1, 0.15) is 16.0 Å². The van der Waals surface area contributed by atoms with Gasteiger partial charge in [0.05, 0.1) is 5.69 Å². The van der Waals surface area contributed by atoms with Crippen molar-refractivity contribution in [3.05, 3.63) is 51.1 Å². The monoisotopic (exact) mass is 319 g/mol. The molecule has 3 rings (SSSR count). The highest BCUT2D eigenvalue weighted by atomic mass is 79.9. The number of imidazole rings is 1. The summed E-state index contributed by atoms with van der Waals surface area (Å²) in [5, 5.41) is 9.29. The molecular formula is C13H10BrN3O2. The molecule has 5 nitrogen and oxygen atoms in total. The number of aromatic hydroxyl groups is 1. The fourth-order valence-corrected chi connectivity index (χ4v) is 2.42. The zero-order valence-electron chi connectivity index (χ0n) is 10.0. The Labute approximate surface area is 117 Å². The van der Waals surface area contributed by atoms with Crippen molar-refractivity contribution in [2.75, 3.05) is 0 Å². The van der Waals surface area contributed by atoms with Crippen LogP contribution in [0.3, 0.4) is 0 Å². The number of rotatable bonds is 1. The van der Waals surface area contributed by atoms with E-state index < -0.39 is 0 Å². The molecule has 0 amide bonds. The number of fused-ring (bicyclic) bond motifs is 1. The number of aromatic amines is 1. The van der Waals surface area contributed by atoms with Crippen LogP contribution in [0, 0.1) is 6.92 Å². The zero-order chi connectivity index (χ0) is 13.6. The molecule has 0 unspecified atom stereocenters. The van der Waals surface area contributed by atoms with Crippen LogP contribution in [0.2, 0.25) is 0 Å². The summed E-state index contributed by atoms with van der Waals surface area (Å²) in [5.74, 6) is 0.761. The standard InChI is InChI=1S/C13H10BrN3O2/c1-7-13(19)17-6-10(16-11(14)12(17)15-7)8-2-4-9(18)5-3-8/h2-6,16,18H,1H3. The fourth-order valence-electron chi connectivity index (χ4n) is 1.93. The van der Waals surface area contributed by atoms with Crippen molar-refractivity contribution in [2.24, 2.45) is 0 Å². The molecule has 2 heterocycles. The van der Waals surface area contributed by atoms with Gasteiger partial charge in [0, 0.05) is 6.20 Å². The third-order valence-electron chi connectivity index (χ3n) is 2.91. The van der Waals surface area contributed by atoms with Crippen LogP contribution in [0.15, 0.2) is 39.9 Å². The molecule has 0 aromatic heterocycles. The first-order valence-corrected chi connectivity index (χ1v) is 6.42. The number of nitrogens with one attached hydrogen (secondary N) is 1. The molecule has 2 aliphatic heterocycles. The van der Waals surface area contributed by atoms with Crippen LogP contribution in [0.1, 0.15) is 5.69 Å². The van der Waals surface area contributed by atoms with Crippen LogP contribution >= 0.6 is 15.9 Å². The van der Waals surface area contributed by atoms with Gasteiger partial charge in [0.25, 0.3) is 5.56 Å². The fraction of sp³-hybridized carbons (Fsp3) is 0.0769. The Kier molecular flexibility index (Phi) is 2.67. The Hall–Kier alpha value is -2.08. The van der Waals surface area contributed by atoms with Gasteiger partial charge >= 0.3 is 0 Å². The Bertz CT molecular complexity index is 774. The highest BCUT2D eigenvalue weighted by Gasteiger charge is 2.16. The lowest BCUT2D eigenvalue weighted by Gasteiger charge is -2.09. The number of phenolic OH excluding ortho intramolecular Hbond substituents is 1. The average Bonchev–Trinajstić information content (AvgIpc) is 2.68. The highest BCUT2D eigenvalue weighted by Crippen LogP contribution is 2.25. The maximum Gasteiger partial charge on any atom is 0.277 e. The van der Waals surface area contributed by atoms with E-state index in [9.17, 15) is 9.90 Å². The minimum absolute atomic E-state index is 0.135. The number of benzene rings is 1. The second-order valence-electron chi connectivity index (χ2n) is 4.22. The molecule has 1 aromatic carbocycles. The molecule has 0 saturated heterocycles. The summed E-state index contributed by atoms with van der Waals surface area (Å²) in [6.07, 6.45) is 1.70. The van der Waals surface area contributed by atoms with E-state index in [1.165, 1.54) is 4.57 Å². The van der Waals surface area contributed by atoms with Crippen molar-refractivity contribution in [3.63, 3.8) is 0 Å². The summed E-state index contributed by atoms with van der Waals surface area (Å²) in [6.45, 7) is 1.68. The number of hydrogen-bond acceptors (Lipinski definition) is 3. The number of aryl methyl sites for hydroxylation is 1. The van der Waals surface area contributed by atoms with Crippen molar-refractivity contribution in [1.29, 1.82) is 0 Å². The van der Waals surface area contributed by atoms with E-state index in [0.29, 0.717) is 16.1 Å². The first kappa shape index (κ1) is 12.0. The number of halogens is 1. The molecular weight excluding hydrogens is 310 g/mol. The molecule has 0 atom stereocenters. The summed E-state index contributed by atoms with van der Waals surface area (Å²) in [5.41, 5.74) is 1.95. The van der Waals surface area contributed by atoms with E-state index in [2.05, 4.69) is 25.9 Å². The minimum Gasteiger partial charge on any atom is -0.508 e. The molecule has 19 heavy (non-hydrogen) atoms. The SMILES string of the molecule is Cc1nc2c(Br)[nH]c(-c3ccc(O)cc3)cn-2c1=O. The number of H-pyrrole nitrogens is 1. The summed E-state index contributed by atoms with van der Waals surface area (Å²) >= 11 is 3.38. The van der Waals surface area contributed by atoms with Crippen LogP contribution < -0.4 is 5.56 Å². The third kappa shape index (κ3) is 1.94. The Morgan fingerprint density at radius 1 is 1.32 bits per heavy atom. The minimum atomic E-state index is -0.135. The molecule has 0 bridgehead atoms. The van der Waals surface area contributed by atoms with Gasteiger partial charge in [0.2, 0.25) is 0 Å². The van der Waals surface area contributed by atoms with Gasteiger partial charge in [-0.15, -0.1) is 0 Å². The topological polar surface area (TPSA) is 70.9 Å². The summed E-state index contributed by atoms with van der Waals surface area (Å²) in [6, 6.07) is 6.73. The van der Waals surface area contributed by atoms with E-state index in [1.807, 2.05) is 0 Å². The van der Waals surface area contributed by atoms with Crippen LogP contribution in [-0.4, -0.2) is 19.6 Å². The molecule has 96 valence electrons. The van der Waals surface area contributed by atoms with Crippen molar-refractivity contribution in [3.8, 4) is 22.8 Å². The largest absolute Gasteiger partial charge is 0.508 e. The normalized spacial score (nSPS) is 11.1. The molecule has 1 aromatic rings. The van der Waals surface area contributed by atoms with Gasteiger partial charge < -0.3 is 10.1 Å². The Morgan fingerprint density at radius 2 is 2.00 bits per heavy atom. The van der Waals surface area contributed by atoms with Crippen molar-refractivity contribution in [2.45, 2.75) is 6.92 Å². The van der Waals surface area contributed by atoms with Gasteiger partial charge in [-0.2, -0.15) is 0 Å². The van der Waals surface area contributed by atoms with Crippen molar-refractivity contribution in [1.82, 2.24) is 14.5 Å². The first-order chi connectivity index (χ1) is 9.06. The molecule has 0 aliphatic carbocycles. The van der Waals surface area contributed by atoms with Crippen molar-refractivity contribution < 1.29 is 5.11 Å². The van der Waals surface area contributed by atoms with Gasteiger partial charge in [0.15, 0.2) is 5.82 Å². The second-order valence-corrected chi connectivity index (χ2v) is 5.02. The second kappa shape index (κ2) is 4.24. The van der Waals surface area contributed by atoms with E-state index in [4.69, 9.17) is 0 Å². The van der Waals surface area contributed by atoms with Gasteiger partial charge in [-0.1, -0.05) is 0 Å².